The molecule has 1 aliphatic carbocycles. The maximum atomic E-state index is 13.6. The second-order valence-corrected chi connectivity index (χ2v) is 5.87. The van der Waals surface area contributed by atoms with E-state index in [1.54, 1.807) is 0 Å². The highest BCUT2D eigenvalue weighted by Crippen LogP contribution is 2.44. The van der Waals surface area contributed by atoms with Crippen molar-refractivity contribution >= 4 is 5.78 Å². The molecule has 2 atom stereocenters. The lowest BCUT2D eigenvalue weighted by molar-refractivity contribution is -0.117. The summed E-state index contributed by atoms with van der Waals surface area (Å²) in [7, 11) is 0. The summed E-state index contributed by atoms with van der Waals surface area (Å²) in [4.78, 5) is 12.5. The van der Waals surface area contributed by atoms with Crippen LogP contribution in [0.4, 0.5) is 8.78 Å². The van der Waals surface area contributed by atoms with Crippen molar-refractivity contribution in [2.45, 2.75) is 25.7 Å². The van der Waals surface area contributed by atoms with E-state index in [1.165, 1.54) is 6.07 Å². The Hall–Kier alpha value is -2.68. The number of hydrogen-bond acceptors (Lipinski definition) is 4. The lowest BCUT2D eigenvalue weighted by Crippen LogP contribution is -2.29. The molecule has 0 spiro atoms. The van der Waals surface area contributed by atoms with Gasteiger partial charge in [0.15, 0.2) is 17.4 Å². The average Bonchev–Trinajstić information content (AvgIpc) is 2.48. The Balaban J connectivity index is 2.19. The smallest absolute Gasteiger partial charge is 0.205 e. The minimum Gasteiger partial charge on any atom is -0.444 e. The fourth-order valence-corrected chi connectivity index (χ4v) is 3.12. The first-order chi connectivity index (χ1) is 10.9. The van der Waals surface area contributed by atoms with Crippen molar-refractivity contribution in [3.05, 3.63) is 58.2 Å². The number of ether oxygens (including phenoxy) is 1. The van der Waals surface area contributed by atoms with E-state index in [2.05, 4.69) is 0 Å². The van der Waals surface area contributed by atoms with Gasteiger partial charge in [-0.2, -0.15) is 5.26 Å². The van der Waals surface area contributed by atoms with Gasteiger partial charge in [0.05, 0.1) is 5.92 Å². The highest BCUT2D eigenvalue weighted by atomic mass is 19.2. The van der Waals surface area contributed by atoms with Crippen molar-refractivity contribution in [2.24, 2.45) is 11.7 Å². The Morgan fingerprint density at radius 3 is 2.70 bits per heavy atom. The van der Waals surface area contributed by atoms with Crippen LogP contribution in [-0.2, 0) is 9.53 Å². The molecule has 4 nitrogen and oxygen atoms in total. The maximum absolute atomic E-state index is 13.6. The predicted octanol–water partition coefficient (Wildman–Crippen LogP) is 3.03. The van der Waals surface area contributed by atoms with Gasteiger partial charge in [-0.1, -0.05) is 13.0 Å². The van der Waals surface area contributed by atoms with E-state index >= 15 is 0 Å². The molecule has 0 saturated carbocycles. The highest BCUT2D eigenvalue weighted by molar-refractivity contribution is 5.99. The average molecular weight is 316 g/mol. The topological polar surface area (TPSA) is 76.1 Å². The number of hydrogen-bond donors (Lipinski definition) is 1. The van der Waals surface area contributed by atoms with Crippen molar-refractivity contribution in [3.63, 3.8) is 0 Å². The summed E-state index contributed by atoms with van der Waals surface area (Å²) in [6, 6.07) is 5.25. The molecule has 0 radical (unpaired) electrons. The molecule has 1 aromatic rings. The number of carbonyl (C=O) groups excluding carboxylic acids is 1. The van der Waals surface area contributed by atoms with E-state index in [9.17, 15) is 18.8 Å². The Labute approximate surface area is 131 Å². The van der Waals surface area contributed by atoms with E-state index in [1.807, 2.05) is 13.0 Å². The van der Waals surface area contributed by atoms with E-state index < -0.39 is 17.6 Å². The predicted molar refractivity (Wildman–Crippen MR) is 77.4 cm³/mol. The molecule has 1 aliphatic heterocycles. The minimum absolute atomic E-state index is 0.0395. The number of nitriles is 1. The van der Waals surface area contributed by atoms with Crippen LogP contribution in [0.2, 0.25) is 0 Å². The van der Waals surface area contributed by atoms with Gasteiger partial charge >= 0.3 is 0 Å². The number of ketones is 1. The van der Waals surface area contributed by atoms with Crippen LogP contribution in [0.25, 0.3) is 0 Å². The molecule has 0 fully saturated rings. The SMILES string of the molecule is C[C@H]1CC(=O)C2=C(C1)OC(N)=C(C#N)[C@@H]2c1ccc(F)c(F)c1. The fourth-order valence-electron chi connectivity index (χ4n) is 3.12. The first-order valence-corrected chi connectivity index (χ1v) is 7.21. The molecule has 0 bridgehead atoms. The van der Waals surface area contributed by atoms with Gasteiger partial charge in [0.2, 0.25) is 5.88 Å². The highest BCUT2D eigenvalue weighted by Gasteiger charge is 2.39. The normalized spacial score (nSPS) is 24.2. The third-order valence-electron chi connectivity index (χ3n) is 4.14. The zero-order chi connectivity index (χ0) is 16.7. The van der Waals surface area contributed by atoms with Gasteiger partial charge < -0.3 is 10.5 Å². The lowest BCUT2D eigenvalue weighted by atomic mass is 9.75. The third-order valence-corrected chi connectivity index (χ3v) is 4.14. The van der Waals surface area contributed by atoms with Crippen molar-refractivity contribution in [3.8, 4) is 6.07 Å². The van der Waals surface area contributed by atoms with Gasteiger partial charge in [-0.15, -0.1) is 0 Å². The summed E-state index contributed by atoms with van der Waals surface area (Å²) in [6.07, 6.45) is 0.835. The molecule has 0 saturated heterocycles. The maximum Gasteiger partial charge on any atom is 0.205 e. The Morgan fingerprint density at radius 1 is 1.30 bits per heavy atom. The van der Waals surface area contributed by atoms with Crippen LogP contribution in [0.1, 0.15) is 31.2 Å². The van der Waals surface area contributed by atoms with Gasteiger partial charge in [0.1, 0.15) is 17.4 Å². The van der Waals surface area contributed by atoms with Crippen LogP contribution in [0.3, 0.4) is 0 Å². The van der Waals surface area contributed by atoms with E-state index in [4.69, 9.17) is 10.5 Å². The quantitative estimate of drug-likeness (QED) is 0.864. The number of benzene rings is 1. The summed E-state index contributed by atoms with van der Waals surface area (Å²) in [5, 5.41) is 9.38. The van der Waals surface area contributed by atoms with E-state index in [0.717, 1.165) is 12.1 Å². The monoisotopic (exact) mass is 316 g/mol. The molecular weight excluding hydrogens is 302 g/mol. The Morgan fingerprint density at radius 2 is 2.04 bits per heavy atom. The molecule has 1 heterocycles. The molecule has 6 heteroatoms. The van der Waals surface area contributed by atoms with Crippen LogP contribution in [0, 0.1) is 28.9 Å². The minimum atomic E-state index is -1.04. The second kappa shape index (κ2) is 5.51. The molecule has 0 amide bonds. The fraction of sp³-hybridized carbons (Fsp3) is 0.294. The van der Waals surface area contributed by atoms with Gasteiger partial charge in [0.25, 0.3) is 0 Å². The first-order valence-electron chi connectivity index (χ1n) is 7.21. The molecule has 2 N–H and O–H groups in total. The summed E-state index contributed by atoms with van der Waals surface area (Å²) < 4.78 is 32.3. The number of halogens is 2. The Bertz CT molecular complexity index is 805. The Kier molecular flexibility index (Phi) is 3.64. The number of rotatable bonds is 1. The zero-order valence-corrected chi connectivity index (χ0v) is 12.4. The lowest BCUT2D eigenvalue weighted by Gasteiger charge is -2.32. The third kappa shape index (κ3) is 2.48. The zero-order valence-electron chi connectivity index (χ0n) is 12.4. The summed E-state index contributed by atoms with van der Waals surface area (Å²) in [5.41, 5.74) is 6.47. The second-order valence-electron chi connectivity index (χ2n) is 5.87. The standard InChI is InChI=1S/C17H14F2N2O2/c1-8-4-13(22)16-14(5-8)23-17(21)10(7-20)15(16)9-2-3-11(18)12(19)6-9/h2-3,6,8,15H,4-5,21H2,1H3/t8-,15-/m0/s1. The number of allylic oxidation sites excluding steroid dienone is 3. The first kappa shape index (κ1) is 15.2. The molecule has 2 aliphatic rings. The van der Waals surface area contributed by atoms with Crippen LogP contribution in [0.5, 0.6) is 0 Å². The van der Waals surface area contributed by atoms with Crippen molar-refractivity contribution in [1.29, 1.82) is 5.26 Å². The molecule has 118 valence electrons. The number of Topliss-reactive ketones (excluding diaryl/α,β-unsaturated/α-hetero) is 1. The van der Waals surface area contributed by atoms with E-state index in [-0.39, 0.29) is 23.2 Å². The summed E-state index contributed by atoms with van der Waals surface area (Å²) >= 11 is 0. The molecular formula is C17H14F2N2O2. The van der Waals surface area contributed by atoms with Gasteiger partial charge in [-0.05, 0) is 23.6 Å². The van der Waals surface area contributed by atoms with Gasteiger partial charge in [-0.25, -0.2) is 8.78 Å². The van der Waals surface area contributed by atoms with Crippen molar-refractivity contribution in [1.82, 2.24) is 0 Å². The van der Waals surface area contributed by atoms with Gasteiger partial charge in [0, 0.05) is 18.4 Å². The molecule has 0 unspecified atom stereocenters. The largest absolute Gasteiger partial charge is 0.444 e. The summed E-state index contributed by atoms with van der Waals surface area (Å²) in [6.45, 7) is 1.91. The number of nitrogens with zero attached hydrogens (tertiary/aromatic N) is 1. The van der Waals surface area contributed by atoms with Gasteiger partial charge in [-0.3, -0.25) is 4.79 Å². The number of carbonyl (C=O) groups is 1. The molecule has 0 aromatic heterocycles. The van der Waals surface area contributed by atoms with Crippen molar-refractivity contribution < 1.29 is 18.3 Å². The molecule has 1 aromatic carbocycles. The van der Waals surface area contributed by atoms with Crippen molar-refractivity contribution in [2.75, 3.05) is 0 Å². The van der Waals surface area contributed by atoms with Crippen LogP contribution in [0.15, 0.2) is 41.0 Å². The van der Waals surface area contributed by atoms with Crippen LogP contribution >= 0.6 is 0 Å². The molecule has 23 heavy (non-hydrogen) atoms. The number of nitrogens with two attached hydrogens (primary N) is 1. The van der Waals surface area contributed by atoms with E-state index in [0.29, 0.717) is 29.7 Å². The van der Waals surface area contributed by atoms with Crippen LogP contribution in [-0.4, -0.2) is 5.78 Å². The summed E-state index contributed by atoms with van der Waals surface area (Å²) in [5.74, 6) is -2.59. The molecule has 3 rings (SSSR count). The van der Waals surface area contributed by atoms with Crippen LogP contribution < -0.4 is 5.73 Å².